The Labute approximate surface area is 185 Å². The Balaban J connectivity index is 1.79. The molecule has 0 amide bonds. The molecule has 156 valence electrons. The maximum atomic E-state index is 15.1. The van der Waals surface area contributed by atoms with Gasteiger partial charge in [-0.2, -0.15) is 0 Å². The van der Waals surface area contributed by atoms with E-state index >= 15 is 4.57 Å². The quantitative estimate of drug-likeness (QED) is 0.292. The Bertz CT molecular complexity index is 1490. The van der Waals surface area contributed by atoms with Crippen LogP contribution in [-0.4, -0.2) is 11.8 Å². The molecule has 32 heavy (non-hydrogen) atoms. The summed E-state index contributed by atoms with van der Waals surface area (Å²) in [6, 6.07) is 29.3. The first-order valence-corrected chi connectivity index (χ1v) is 12.2. The molecule has 0 radical (unpaired) electrons. The van der Waals surface area contributed by atoms with Crippen LogP contribution in [-0.2, 0) is 4.57 Å². The van der Waals surface area contributed by atoms with Crippen LogP contribution in [0.25, 0.3) is 21.7 Å². The zero-order valence-electron chi connectivity index (χ0n) is 17.5. The molecule has 4 aromatic carbocycles. The average Bonchev–Trinajstić information content (AvgIpc) is 3.31. The first-order chi connectivity index (χ1) is 15.6. The number of fused-ring (bicyclic) bond motifs is 4. The summed E-state index contributed by atoms with van der Waals surface area (Å²) in [5.74, 6) is 1.35. The van der Waals surface area contributed by atoms with Crippen LogP contribution in [0, 0.1) is 6.92 Å². The van der Waals surface area contributed by atoms with Crippen LogP contribution in [0.5, 0.6) is 11.5 Å². The van der Waals surface area contributed by atoms with Crippen molar-refractivity contribution in [1.29, 1.82) is 0 Å². The van der Waals surface area contributed by atoms with Gasteiger partial charge in [0.05, 0.1) is 5.52 Å². The lowest BCUT2D eigenvalue weighted by molar-refractivity contribution is 0.174. The molecule has 1 aromatic heterocycles. The van der Waals surface area contributed by atoms with Crippen molar-refractivity contribution >= 4 is 44.9 Å². The lowest BCUT2D eigenvalue weighted by Crippen LogP contribution is -2.27. The molecule has 1 aliphatic heterocycles. The molecule has 0 atom stereocenters. The first-order valence-electron chi connectivity index (χ1n) is 10.5. The second-order valence-electron chi connectivity index (χ2n) is 7.99. The summed E-state index contributed by atoms with van der Waals surface area (Å²) in [7, 11) is -3.27. The number of benzene rings is 4. The van der Waals surface area contributed by atoms with Gasteiger partial charge in [0.15, 0.2) is 18.6 Å². The molecule has 5 heteroatoms. The number of nitrogens with zero attached hydrogens (tertiary/aromatic N) is 1. The van der Waals surface area contributed by atoms with Crippen molar-refractivity contribution in [3.63, 3.8) is 0 Å². The summed E-state index contributed by atoms with van der Waals surface area (Å²) in [6.07, 6.45) is 0. The van der Waals surface area contributed by atoms with E-state index in [2.05, 4.69) is 13.0 Å². The Kier molecular flexibility index (Phi) is 4.31. The van der Waals surface area contributed by atoms with E-state index in [9.17, 15) is 0 Å². The van der Waals surface area contributed by atoms with E-state index in [0.717, 1.165) is 37.8 Å². The van der Waals surface area contributed by atoms with Gasteiger partial charge < -0.3 is 14.0 Å². The van der Waals surface area contributed by atoms with E-state index in [0.29, 0.717) is 16.9 Å². The van der Waals surface area contributed by atoms with Gasteiger partial charge in [-0.1, -0.05) is 72.3 Å². The fourth-order valence-corrected chi connectivity index (χ4v) is 7.14. The van der Waals surface area contributed by atoms with Crippen molar-refractivity contribution in [2.24, 2.45) is 0 Å². The van der Waals surface area contributed by atoms with Crippen LogP contribution in [0.3, 0.4) is 0 Å². The minimum Gasteiger partial charge on any atom is -0.454 e. The van der Waals surface area contributed by atoms with Crippen molar-refractivity contribution in [3.8, 4) is 11.5 Å². The molecule has 0 aliphatic carbocycles. The van der Waals surface area contributed by atoms with Gasteiger partial charge in [-0.15, -0.1) is 0 Å². The third kappa shape index (κ3) is 2.84. The number of hydrogen-bond donors (Lipinski definition) is 0. The maximum Gasteiger partial charge on any atom is 0.231 e. The van der Waals surface area contributed by atoms with E-state index in [1.807, 2.05) is 84.9 Å². The Morgan fingerprint density at radius 1 is 0.719 bits per heavy atom. The molecule has 6 rings (SSSR count). The van der Waals surface area contributed by atoms with Gasteiger partial charge in [-0.3, -0.25) is 0 Å². The van der Waals surface area contributed by atoms with Gasteiger partial charge in [-0.05, 0) is 36.6 Å². The minimum absolute atomic E-state index is 0.181. The average molecular weight is 437 g/mol. The SMILES string of the molecule is Cc1ccc2nc(P(=O)(c3ccccc3)c3ccccc3)c3cc4c(cc3c2c1)OCO4. The predicted octanol–water partition coefficient (Wildman–Crippen LogP) is 5.06. The molecule has 0 fully saturated rings. The fourth-order valence-electron chi connectivity index (χ4n) is 4.40. The summed E-state index contributed by atoms with van der Waals surface area (Å²) in [4.78, 5) is 5.04. The Morgan fingerprint density at radius 2 is 1.31 bits per heavy atom. The summed E-state index contributed by atoms with van der Waals surface area (Å²) in [6.45, 7) is 2.24. The summed E-state index contributed by atoms with van der Waals surface area (Å²) in [5, 5.41) is 4.30. The van der Waals surface area contributed by atoms with Crippen LogP contribution in [0.15, 0.2) is 91.0 Å². The van der Waals surface area contributed by atoms with E-state index in [4.69, 9.17) is 14.5 Å². The Hall–Kier alpha value is -3.62. The summed E-state index contributed by atoms with van der Waals surface area (Å²) < 4.78 is 26.5. The van der Waals surface area contributed by atoms with Gasteiger partial charge in [0.2, 0.25) is 6.79 Å². The second-order valence-corrected chi connectivity index (χ2v) is 10.7. The molecule has 4 nitrogen and oxygen atoms in total. The Morgan fingerprint density at radius 3 is 1.94 bits per heavy atom. The largest absolute Gasteiger partial charge is 0.454 e. The molecular weight excluding hydrogens is 417 g/mol. The van der Waals surface area contributed by atoms with Crippen molar-refractivity contribution < 1.29 is 14.0 Å². The minimum atomic E-state index is -3.27. The van der Waals surface area contributed by atoms with Crippen LogP contribution in [0.4, 0.5) is 0 Å². The molecule has 0 saturated heterocycles. The number of aryl methyl sites for hydroxylation is 1. The third-order valence-electron chi connectivity index (χ3n) is 5.96. The standard InChI is InChI=1S/C27H20NO3P/c1-18-12-13-24-22(14-18)21-15-25-26(31-17-30-25)16-23(21)27(28-24)32(29,19-8-4-2-5-9-19)20-10-6-3-7-11-20/h2-16H,17H2,1H3. The summed E-state index contributed by atoms with van der Waals surface area (Å²) >= 11 is 0. The lowest BCUT2D eigenvalue weighted by Gasteiger charge is -2.22. The monoisotopic (exact) mass is 437 g/mol. The molecule has 1 aliphatic rings. The van der Waals surface area contributed by atoms with E-state index < -0.39 is 7.14 Å². The van der Waals surface area contributed by atoms with Crippen molar-refractivity contribution in [3.05, 3.63) is 96.6 Å². The highest BCUT2D eigenvalue weighted by Gasteiger charge is 2.34. The summed E-state index contributed by atoms with van der Waals surface area (Å²) in [5.41, 5.74) is 2.52. The lowest BCUT2D eigenvalue weighted by atomic mass is 10.0. The fraction of sp³-hybridized carbons (Fsp3) is 0.0741. The number of aromatic nitrogens is 1. The van der Waals surface area contributed by atoms with Gasteiger partial charge in [-0.25, -0.2) is 4.98 Å². The molecule has 0 spiro atoms. The highest BCUT2D eigenvalue weighted by molar-refractivity contribution is 7.85. The van der Waals surface area contributed by atoms with Crippen LogP contribution >= 0.6 is 7.14 Å². The van der Waals surface area contributed by atoms with Gasteiger partial charge in [0.25, 0.3) is 0 Å². The molecule has 0 N–H and O–H groups in total. The van der Waals surface area contributed by atoms with Crippen LogP contribution in [0.2, 0.25) is 0 Å². The molecule has 0 bridgehead atoms. The third-order valence-corrected chi connectivity index (χ3v) is 8.95. The molecular formula is C27H20NO3P. The maximum absolute atomic E-state index is 15.1. The highest BCUT2D eigenvalue weighted by atomic mass is 31.2. The smallest absolute Gasteiger partial charge is 0.231 e. The first kappa shape index (κ1) is 19.1. The van der Waals surface area contributed by atoms with Crippen molar-refractivity contribution in [2.75, 3.05) is 6.79 Å². The number of ether oxygens (including phenoxy) is 2. The van der Waals surface area contributed by atoms with Crippen molar-refractivity contribution in [2.45, 2.75) is 6.92 Å². The molecule has 0 unspecified atom stereocenters. The molecule has 2 heterocycles. The van der Waals surface area contributed by atoms with E-state index in [1.165, 1.54) is 0 Å². The van der Waals surface area contributed by atoms with Gasteiger partial charge >= 0.3 is 0 Å². The zero-order chi connectivity index (χ0) is 21.7. The normalized spacial score (nSPS) is 13.0. The number of rotatable bonds is 3. The van der Waals surface area contributed by atoms with E-state index in [-0.39, 0.29) is 6.79 Å². The second kappa shape index (κ2) is 7.22. The van der Waals surface area contributed by atoms with Crippen molar-refractivity contribution in [1.82, 2.24) is 4.98 Å². The van der Waals surface area contributed by atoms with Gasteiger partial charge in [0.1, 0.15) is 5.44 Å². The number of hydrogen-bond acceptors (Lipinski definition) is 4. The predicted molar refractivity (Wildman–Crippen MR) is 130 cm³/mol. The highest BCUT2D eigenvalue weighted by Crippen LogP contribution is 2.46. The molecule has 0 saturated carbocycles. The van der Waals surface area contributed by atoms with E-state index in [1.54, 1.807) is 0 Å². The van der Waals surface area contributed by atoms with Crippen LogP contribution in [0.1, 0.15) is 5.56 Å². The topological polar surface area (TPSA) is 48.4 Å². The van der Waals surface area contributed by atoms with Crippen LogP contribution < -0.4 is 25.5 Å². The zero-order valence-corrected chi connectivity index (χ0v) is 18.4. The number of pyridine rings is 1. The van der Waals surface area contributed by atoms with Gasteiger partial charge in [0, 0.05) is 21.4 Å². The molecule has 5 aromatic rings.